The van der Waals surface area contributed by atoms with E-state index in [1.807, 2.05) is 24.3 Å². The van der Waals surface area contributed by atoms with Gasteiger partial charge in [0.1, 0.15) is 0 Å². The van der Waals surface area contributed by atoms with Crippen molar-refractivity contribution in [3.8, 4) is 0 Å². The summed E-state index contributed by atoms with van der Waals surface area (Å²) in [5, 5.41) is 5.76. The van der Waals surface area contributed by atoms with Crippen molar-refractivity contribution in [2.75, 3.05) is 10.6 Å². The summed E-state index contributed by atoms with van der Waals surface area (Å²) in [6.45, 7) is 0. The first-order valence-corrected chi connectivity index (χ1v) is 9.04. The van der Waals surface area contributed by atoms with E-state index in [2.05, 4.69) is 16.7 Å². The van der Waals surface area contributed by atoms with Crippen LogP contribution in [0.25, 0.3) is 0 Å². The number of rotatable bonds is 4. The number of carbonyl (C=O) groups excluding carboxylic acids is 2. The molecule has 1 aliphatic rings. The van der Waals surface area contributed by atoms with Crippen LogP contribution in [0, 0.1) is 0 Å². The SMILES string of the molecule is O=C(Nc1cccc(NC(=O)C2CCCc3ccccc32)c1)c1ccco1. The van der Waals surface area contributed by atoms with Crippen molar-refractivity contribution in [2.45, 2.75) is 25.2 Å². The van der Waals surface area contributed by atoms with Gasteiger partial charge in [0.15, 0.2) is 5.76 Å². The van der Waals surface area contributed by atoms with E-state index in [1.54, 1.807) is 30.3 Å². The van der Waals surface area contributed by atoms with E-state index in [0.29, 0.717) is 11.4 Å². The van der Waals surface area contributed by atoms with Crippen molar-refractivity contribution in [3.05, 3.63) is 83.8 Å². The van der Waals surface area contributed by atoms with E-state index < -0.39 is 0 Å². The molecule has 2 N–H and O–H groups in total. The molecule has 27 heavy (non-hydrogen) atoms. The molecule has 136 valence electrons. The molecular formula is C22H20N2O3. The molecule has 2 aromatic carbocycles. The van der Waals surface area contributed by atoms with Crippen molar-refractivity contribution in [1.29, 1.82) is 0 Å². The van der Waals surface area contributed by atoms with Gasteiger partial charge >= 0.3 is 0 Å². The fraction of sp³-hybridized carbons (Fsp3) is 0.182. The second-order valence-electron chi connectivity index (χ2n) is 6.65. The monoisotopic (exact) mass is 360 g/mol. The molecular weight excluding hydrogens is 340 g/mol. The Kier molecular flexibility index (Phi) is 4.75. The maximum atomic E-state index is 12.8. The van der Waals surface area contributed by atoms with Crippen LogP contribution in [-0.2, 0) is 11.2 Å². The fourth-order valence-corrected chi connectivity index (χ4v) is 3.53. The molecule has 0 saturated carbocycles. The van der Waals surface area contributed by atoms with Gasteiger partial charge in [-0.15, -0.1) is 0 Å². The molecule has 4 rings (SSSR count). The van der Waals surface area contributed by atoms with E-state index in [4.69, 9.17) is 4.42 Å². The first-order valence-electron chi connectivity index (χ1n) is 9.04. The van der Waals surface area contributed by atoms with Gasteiger partial charge in [-0.1, -0.05) is 30.3 Å². The Labute approximate surface area is 157 Å². The molecule has 5 nitrogen and oxygen atoms in total. The van der Waals surface area contributed by atoms with Crippen LogP contribution in [0.15, 0.2) is 71.3 Å². The van der Waals surface area contributed by atoms with E-state index >= 15 is 0 Å². The molecule has 1 aliphatic carbocycles. The molecule has 0 radical (unpaired) electrons. The van der Waals surface area contributed by atoms with Crippen LogP contribution in [0.4, 0.5) is 11.4 Å². The summed E-state index contributed by atoms with van der Waals surface area (Å²) in [5.41, 5.74) is 3.62. The predicted molar refractivity (Wildman–Crippen MR) is 104 cm³/mol. The van der Waals surface area contributed by atoms with Gasteiger partial charge in [0.2, 0.25) is 5.91 Å². The molecule has 0 aliphatic heterocycles. The first-order chi connectivity index (χ1) is 13.2. The highest BCUT2D eigenvalue weighted by Crippen LogP contribution is 2.32. The minimum Gasteiger partial charge on any atom is -0.459 e. The molecule has 0 saturated heterocycles. The Hall–Kier alpha value is -3.34. The highest BCUT2D eigenvalue weighted by Gasteiger charge is 2.26. The van der Waals surface area contributed by atoms with E-state index in [1.165, 1.54) is 11.8 Å². The summed E-state index contributed by atoms with van der Waals surface area (Å²) in [7, 11) is 0. The van der Waals surface area contributed by atoms with Crippen LogP contribution in [-0.4, -0.2) is 11.8 Å². The smallest absolute Gasteiger partial charge is 0.291 e. The van der Waals surface area contributed by atoms with Gasteiger partial charge < -0.3 is 15.1 Å². The summed E-state index contributed by atoms with van der Waals surface area (Å²) < 4.78 is 5.09. The maximum Gasteiger partial charge on any atom is 0.291 e. The minimum atomic E-state index is -0.329. The third-order valence-electron chi connectivity index (χ3n) is 4.82. The quantitative estimate of drug-likeness (QED) is 0.715. The Morgan fingerprint density at radius 1 is 0.926 bits per heavy atom. The Bertz CT molecular complexity index is 963. The molecule has 5 heteroatoms. The zero-order chi connectivity index (χ0) is 18.6. The van der Waals surface area contributed by atoms with Gasteiger partial charge in [0.25, 0.3) is 5.91 Å². The van der Waals surface area contributed by atoms with Gasteiger partial charge in [0.05, 0.1) is 12.2 Å². The molecule has 1 unspecified atom stereocenters. The van der Waals surface area contributed by atoms with Crippen LogP contribution >= 0.6 is 0 Å². The van der Waals surface area contributed by atoms with Gasteiger partial charge in [-0.2, -0.15) is 0 Å². The van der Waals surface area contributed by atoms with Crippen molar-refractivity contribution in [1.82, 2.24) is 0 Å². The van der Waals surface area contributed by atoms with Crippen molar-refractivity contribution in [3.63, 3.8) is 0 Å². The average molecular weight is 360 g/mol. The van der Waals surface area contributed by atoms with Crippen LogP contribution in [0.3, 0.4) is 0 Å². The van der Waals surface area contributed by atoms with Gasteiger partial charge in [-0.25, -0.2) is 0 Å². The van der Waals surface area contributed by atoms with Gasteiger partial charge in [-0.05, 0) is 60.7 Å². The van der Waals surface area contributed by atoms with E-state index in [-0.39, 0.29) is 23.5 Å². The number of nitrogens with one attached hydrogen (secondary N) is 2. The van der Waals surface area contributed by atoms with Crippen LogP contribution < -0.4 is 10.6 Å². The summed E-state index contributed by atoms with van der Waals surface area (Å²) in [6.07, 6.45) is 4.33. The summed E-state index contributed by atoms with van der Waals surface area (Å²) >= 11 is 0. The number of aryl methyl sites for hydroxylation is 1. The molecule has 3 aromatic rings. The van der Waals surface area contributed by atoms with Crippen molar-refractivity contribution < 1.29 is 14.0 Å². The van der Waals surface area contributed by atoms with Crippen molar-refractivity contribution >= 4 is 23.2 Å². The summed E-state index contributed by atoms with van der Waals surface area (Å²) in [6, 6.07) is 18.5. The molecule has 1 heterocycles. The summed E-state index contributed by atoms with van der Waals surface area (Å²) in [5.74, 6) is -0.249. The second kappa shape index (κ2) is 7.50. The Morgan fingerprint density at radius 2 is 1.74 bits per heavy atom. The van der Waals surface area contributed by atoms with E-state index in [0.717, 1.165) is 24.8 Å². The number of furan rings is 1. The molecule has 0 spiro atoms. The second-order valence-corrected chi connectivity index (χ2v) is 6.65. The Balaban J connectivity index is 1.47. The number of carbonyl (C=O) groups is 2. The Morgan fingerprint density at radius 3 is 2.56 bits per heavy atom. The van der Waals surface area contributed by atoms with Gasteiger partial charge in [0, 0.05) is 11.4 Å². The van der Waals surface area contributed by atoms with Crippen LogP contribution in [0.5, 0.6) is 0 Å². The predicted octanol–water partition coefficient (Wildman–Crippen LogP) is 4.59. The lowest BCUT2D eigenvalue weighted by molar-refractivity contribution is -0.117. The highest BCUT2D eigenvalue weighted by molar-refractivity contribution is 6.03. The van der Waals surface area contributed by atoms with Crippen LogP contribution in [0.2, 0.25) is 0 Å². The standard InChI is InChI=1S/C22H20N2O3/c25-21(19-11-3-7-15-6-1-2-10-18(15)19)23-16-8-4-9-17(14-16)24-22(26)20-12-5-13-27-20/h1-2,4-6,8-10,12-14,19H,3,7,11H2,(H,23,25)(H,24,26). The largest absolute Gasteiger partial charge is 0.459 e. The third kappa shape index (κ3) is 3.77. The molecule has 1 aromatic heterocycles. The average Bonchev–Trinajstić information content (AvgIpc) is 3.23. The minimum absolute atomic E-state index is 0.0170. The lowest BCUT2D eigenvalue weighted by atomic mass is 9.82. The normalized spacial score (nSPS) is 15.6. The number of anilines is 2. The van der Waals surface area contributed by atoms with E-state index in [9.17, 15) is 9.59 Å². The number of hydrogen-bond donors (Lipinski definition) is 2. The third-order valence-corrected chi connectivity index (χ3v) is 4.82. The number of benzene rings is 2. The number of hydrogen-bond acceptors (Lipinski definition) is 3. The summed E-state index contributed by atoms with van der Waals surface area (Å²) in [4.78, 5) is 24.9. The zero-order valence-corrected chi connectivity index (χ0v) is 14.8. The van der Waals surface area contributed by atoms with Crippen LogP contribution in [0.1, 0.15) is 40.4 Å². The molecule has 0 fully saturated rings. The molecule has 1 atom stereocenters. The topological polar surface area (TPSA) is 71.3 Å². The highest BCUT2D eigenvalue weighted by atomic mass is 16.3. The lowest BCUT2D eigenvalue weighted by Crippen LogP contribution is -2.24. The maximum absolute atomic E-state index is 12.8. The van der Waals surface area contributed by atoms with Gasteiger partial charge in [-0.3, -0.25) is 9.59 Å². The van der Waals surface area contributed by atoms with Crippen molar-refractivity contribution in [2.24, 2.45) is 0 Å². The lowest BCUT2D eigenvalue weighted by Gasteiger charge is -2.24. The zero-order valence-electron chi connectivity index (χ0n) is 14.8. The number of fused-ring (bicyclic) bond motifs is 1. The molecule has 0 bridgehead atoms. The number of amides is 2. The fourth-order valence-electron chi connectivity index (χ4n) is 3.53. The first kappa shape index (κ1) is 17.1. The molecule has 2 amide bonds.